The van der Waals surface area contributed by atoms with Crippen LogP contribution < -0.4 is 0 Å². The van der Waals surface area contributed by atoms with E-state index in [9.17, 15) is 22.8 Å². The van der Waals surface area contributed by atoms with Crippen molar-refractivity contribution in [3.8, 4) is 0 Å². The maximum absolute atomic E-state index is 13.3. The largest absolute Gasteiger partial charge is 0.481 e. The first-order valence-corrected chi connectivity index (χ1v) is 7.30. The SMILES string of the molecule is O=C(O)Cc1cn(C(=O)c2ccccc2)c2cccc(C(F)(F)F)c12. The second-order valence-electron chi connectivity index (χ2n) is 5.46. The van der Waals surface area contributed by atoms with Crippen molar-refractivity contribution in [3.63, 3.8) is 0 Å². The number of fused-ring (bicyclic) bond motifs is 1. The molecule has 0 atom stereocenters. The average Bonchev–Trinajstić information content (AvgIpc) is 2.92. The highest BCUT2D eigenvalue weighted by atomic mass is 19.4. The quantitative estimate of drug-likeness (QED) is 0.780. The molecule has 3 rings (SSSR count). The molecule has 2 aromatic carbocycles. The van der Waals surface area contributed by atoms with E-state index in [1.54, 1.807) is 30.3 Å². The molecular weight excluding hydrogens is 335 g/mol. The molecule has 3 aromatic rings. The van der Waals surface area contributed by atoms with Gasteiger partial charge in [-0.1, -0.05) is 24.3 Å². The van der Waals surface area contributed by atoms with Crippen LogP contribution in [0.25, 0.3) is 10.9 Å². The first kappa shape index (κ1) is 16.8. The Morgan fingerprint density at radius 2 is 1.68 bits per heavy atom. The van der Waals surface area contributed by atoms with Gasteiger partial charge in [0.2, 0.25) is 0 Å². The summed E-state index contributed by atoms with van der Waals surface area (Å²) < 4.78 is 41.0. The number of hydrogen-bond acceptors (Lipinski definition) is 2. The van der Waals surface area contributed by atoms with Gasteiger partial charge in [0.1, 0.15) is 0 Å². The number of alkyl halides is 3. The molecular formula is C18H12F3NO3. The molecule has 0 aliphatic carbocycles. The summed E-state index contributed by atoms with van der Waals surface area (Å²) in [6.07, 6.45) is -4.10. The van der Waals surface area contributed by atoms with Crippen molar-refractivity contribution in [2.24, 2.45) is 0 Å². The van der Waals surface area contributed by atoms with Crippen LogP contribution in [0.15, 0.2) is 54.7 Å². The van der Waals surface area contributed by atoms with Gasteiger partial charge in [-0.2, -0.15) is 13.2 Å². The molecule has 128 valence electrons. The summed E-state index contributed by atoms with van der Waals surface area (Å²) >= 11 is 0. The van der Waals surface area contributed by atoms with E-state index >= 15 is 0 Å². The monoisotopic (exact) mass is 347 g/mol. The lowest BCUT2D eigenvalue weighted by Gasteiger charge is -2.10. The molecule has 0 bridgehead atoms. The maximum atomic E-state index is 13.3. The number of halogens is 3. The van der Waals surface area contributed by atoms with E-state index in [4.69, 9.17) is 5.11 Å². The molecule has 0 saturated carbocycles. The molecule has 7 heteroatoms. The van der Waals surface area contributed by atoms with Gasteiger partial charge in [-0.25, -0.2) is 0 Å². The van der Waals surface area contributed by atoms with Crippen LogP contribution in [-0.2, 0) is 17.4 Å². The van der Waals surface area contributed by atoms with Crippen LogP contribution in [0.2, 0.25) is 0 Å². The average molecular weight is 347 g/mol. The first-order valence-electron chi connectivity index (χ1n) is 7.30. The fraction of sp³-hybridized carbons (Fsp3) is 0.111. The van der Waals surface area contributed by atoms with Gasteiger partial charge in [0.25, 0.3) is 5.91 Å². The van der Waals surface area contributed by atoms with E-state index in [0.29, 0.717) is 5.56 Å². The number of aromatic nitrogens is 1. The Labute approximate surface area is 140 Å². The highest BCUT2D eigenvalue weighted by molar-refractivity contribution is 6.04. The van der Waals surface area contributed by atoms with Crippen LogP contribution in [0, 0.1) is 0 Å². The van der Waals surface area contributed by atoms with Gasteiger partial charge in [0.15, 0.2) is 0 Å². The van der Waals surface area contributed by atoms with E-state index in [1.165, 1.54) is 18.3 Å². The number of rotatable bonds is 3. The predicted molar refractivity (Wildman–Crippen MR) is 84.5 cm³/mol. The first-order chi connectivity index (χ1) is 11.8. The predicted octanol–water partition coefficient (Wildman–Crippen LogP) is 3.98. The topological polar surface area (TPSA) is 59.3 Å². The Morgan fingerprint density at radius 3 is 2.28 bits per heavy atom. The highest BCUT2D eigenvalue weighted by Gasteiger charge is 2.34. The van der Waals surface area contributed by atoms with Gasteiger partial charge >= 0.3 is 12.1 Å². The van der Waals surface area contributed by atoms with Crippen LogP contribution in [0.3, 0.4) is 0 Å². The van der Waals surface area contributed by atoms with Gasteiger partial charge < -0.3 is 5.11 Å². The standard InChI is InChI=1S/C18H12F3NO3/c19-18(20,21)13-7-4-8-14-16(13)12(9-15(23)24)10-22(14)17(25)11-5-2-1-3-6-11/h1-8,10H,9H2,(H,23,24). The van der Waals surface area contributed by atoms with Crippen molar-refractivity contribution in [2.75, 3.05) is 0 Å². The normalized spacial score (nSPS) is 11.6. The number of hydrogen-bond donors (Lipinski definition) is 1. The maximum Gasteiger partial charge on any atom is 0.417 e. The Kier molecular flexibility index (Phi) is 4.08. The Balaban J connectivity index is 2.28. The van der Waals surface area contributed by atoms with Gasteiger partial charge in [-0.3, -0.25) is 14.2 Å². The molecule has 0 radical (unpaired) electrons. The molecule has 0 unspecified atom stereocenters. The Hall–Kier alpha value is -3.09. The Bertz CT molecular complexity index is 959. The fourth-order valence-electron chi connectivity index (χ4n) is 2.79. The third kappa shape index (κ3) is 3.13. The Morgan fingerprint density at radius 1 is 1.00 bits per heavy atom. The third-order valence-electron chi connectivity index (χ3n) is 3.79. The van der Waals surface area contributed by atoms with Crippen LogP contribution in [0.4, 0.5) is 13.2 Å². The summed E-state index contributed by atoms with van der Waals surface area (Å²) in [7, 11) is 0. The molecule has 0 aliphatic rings. The molecule has 1 heterocycles. The van der Waals surface area contributed by atoms with Gasteiger partial charge in [0.05, 0.1) is 17.5 Å². The van der Waals surface area contributed by atoms with Crippen molar-refractivity contribution >= 4 is 22.8 Å². The number of carbonyl (C=O) groups excluding carboxylic acids is 1. The lowest BCUT2D eigenvalue weighted by molar-refractivity contribution is -0.137. The molecule has 0 fully saturated rings. The molecule has 4 nitrogen and oxygen atoms in total. The summed E-state index contributed by atoms with van der Waals surface area (Å²) in [5.74, 6) is -1.80. The van der Waals surface area contributed by atoms with Crippen LogP contribution in [-0.4, -0.2) is 21.6 Å². The van der Waals surface area contributed by atoms with E-state index in [-0.39, 0.29) is 16.5 Å². The lowest BCUT2D eigenvalue weighted by atomic mass is 10.0. The summed E-state index contributed by atoms with van der Waals surface area (Å²) in [5, 5.41) is 8.75. The molecule has 0 amide bonds. The van der Waals surface area contributed by atoms with Crippen LogP contribution in [0.5, 0.6) is 0 Å². The number of carboxylic acid groups (broad SMARTS) is 1. The molecule has 1 aromatic heterocycles. The van der Waals surface area contributed by atoms with Crippen molar-refractivity contribution in [2.45, 2.75) is 12.6 Å². The smallest absolute Gasteiger partial charge is 0.417 e. The van der Waals surface area contributed by atoms with Gasteiger partial charge in [0, 0.05) is 17.1 Å². The van der Waals surface area contributed by atoms with Gasteiger partial charge in [-0.15, -0.1) is 0 Å². The van der Waals surface area contributed by atoms with E-state index in [0.717, 1.165) is 10.6 Å². The zero-order valence-corrected chi connectivity index (χ0v) is 12.7. The number of benzene rings is 2. The number of carboxylic acids is 1. The highest BCUT2D eigenvalue weighted by Crippen LogP contribution is 2.37. The van der Waals surface area contributed by atoms with Crippen molar-refractivity contribution in [1.82, 2.24) is 4.57 Å². The van der Waals surface area contributed by atoms with E-state index in [2.05, 4.69) is 0 Å². The van der Waals surface area contributed by atoms with E-state index < -0.39 is 30.0 Å². The van der Waals surface area contributed by atoms with Crippen LogP contribution >= 0.6 is 0 Å². The summed E-state index contributed by atoms with van der Waals surface area (Å²) in [6, 6.07) is 11.5. The fourth-order valence-corrected chi connectivity index (χ4v) is 2.79. The number of aliphatic carboxylic acids is 1. The van der Waals surface area contributed by atoms with Crippen molar-refractivity contribution < 1.29 is 27.9 Å². The summed E-state index contributed by atoms with van der Waals surface area (Å²) in [6.45, 7) is 0. The van der Waals surface area contributed by atoms with Crippen molar-refractivity contribution in [3.05, 3.63) is 71.4 Å². The minimum absolute atomic E-state index is 0.0277. The minimum atomic E-state index is -4.66. The number of nitrogens with zero attached hydrogens (tertiary/aromatic N) is 1. The van der Waals surface area contributed by atoms with E-state index in [1.807, 2.05) is 0 Å². The van der Waals surface area contributed by atoms with Crippen LogP contribution in [0.1, 0.15) is 21.5 Å². The van der Waals surface area contributed by atoms with Crippen molar-refractivity contribution in [1.29, 1.82) is 0 Å². The third-order valence-corrected chi connectivity index (χ3v) is 3.79. The summed E-state index contributed by atoms with van der Waals surface area (Å²) in [4.78, 5) is 23.7. The molecule has 0 aliphatic heterocycles. The number of carbonyl (C=O) groups is 2. The zero-order chi connectivity index (χ0) is 18.2. The molecule has 25 heavy (non-hydrogen) atoms. The lowest BCUT2D eigenvalue weighted by Crippen LogP contribution is -2.11. The second-order valence-corrected chi connectivity index (χ2v) is 5.46. The molecule has 0 spiro atoms. The molecule has 1 N–H and O–H groups in total. The molecule has 0 saturated heterocycles. The minimum Gasteiger partial charge on any atom is -0.481 e. The van der Waals surface area contributed by atoms with Gasteiger partial charge in [-0.05, 0) is 29.8 Å². The summed E-state index contributed by atoms with van der Waals surface area (Å²) in [5.41, 5.74) is -0.695. The zero-order valence-electron chi connectivity index (χ0n) is 12.7. The second kappa shape index (κ2) is 6.08.